The second kappa shape index (κ2) is 32.6. The van der Waals surface area contributed by atoms with E-state index >= 15 is 0 Å². The van der Waals surface area contributed by atoms with Crippen LogP contribution in [-0.2, 0) is 54.4 Å². The molecule has 23 nitrogen and oxygen atoms in total. The highest BCUT2D eigenvalue weighted by Gasteiger charge is 2.36. The van der Waals surface area contributed by atoms with E-state index in [1.165, 1.54) is 6.92 Å². The highest BCUT2D eigenvalue weighted by atomic mass is 16.4. The van der Waals surface area contributed by atoms with E-state index in [1.54, 1.807) is 65.0 Å². The third-order valence-electron chi connectivity index (χ3n) is 11.6. The Morgan fingerprint density at radius 2 is 1.03 bits per heavy atom. The minimum atomic E-state index is -1.28. The van der Waals surface area contributed by atoms with Crippen LogP contribution in [-0.4, -0.2) is 132 Å². The number of carboxylic acids is 1. The van der Waals surface area contributed by atoms with Gasteiger partial charge < -0.3 is 70.6 Å². The smallest absolute Gasteiger partial charge is 0.325 e. The second-order valence-corrected chi connectivity index (χ2v) is 18.2. The summed E-state index contributed by atoms with van der Waals surface area (Å²) in [5.74, 6) is -9.22. The molecule has 17 N–H and O–H groups in total. The first kappa shape index (κ1) is 61.8. The number of hydrogen-bond acceptors (Lipinski definition) is 13. The maximum Gasteiger partial charge on any atom is 0.325 e. The molecule has 0 fully saturated rings. The van der Waals surface area contributed by atoms with Gasteiger partial charge in [0, 0.05) is 12.8 Å². The summed E-state index contributed by atoms with van der Waals surface area (Å²) in [4.78, 5) is 131. The fourth-order valence-electron chi connectivity index (χ4n) is 6.97. The highest BCUT2D eigenvalue weighted by Crippen LogP contribution is 2.14. The van der Waals surface area contributed by atoms with Gasteiger partial charge in [-0.3, -0.25) is 47.9 Å². The summed E-state index contributed by atoms with van der Waals surface area (Å²) in [5, 5.41) is 30.2. The lowest BCUT2D eigenvalue weighted by Gasteiger charge is -2.31. The lowest BCUT2D eigenvalue weighted by Crippen LogP contribution is -2.61. The molecule has 70 heavy (non-hydrogen) atoms. The number of carboxylic acid groups (broad SMARTS) is 1. The second-order valence-electron chi connectivity index (χ2n) is 18.2. The van der Waals surface area contributed by atoms with E-state index in [2.05, 4.69) is 42.5 Å². The molecule has 0 spiro atoms. The minimum absolute atomic E-state index is 0.0207. The van der Waals surface area contributed by atoms with Crippen LogP contribution in [0.1, 0.15) is 112 Å². The highest BCUT2D eigenvalue weighted by molar-refractivity contribution is 5.98. The number of aliphatic carboxylic acids is 1. The molecule has 0 radical (unpaired) electrons. The predicted octanol–water partition coefficient (Wildman–Crippen LogP) is -1.95. The van der Waals surface area contributed by atoms with Gasteiger partial charge in [0.1, 0.15) is 42.3 Å². The molecule has 1 aromatic rings. The molecule has 394 valence electrons. The summed E-state index contributed by atoms with van der Waals surface area (Å²) in [7, 11) is 0. The van der Waals surface area contributed by atoms with Gasteiger partial charge in [-0.2, -0.15) is 0 Å². The number of carbonyl (C=O) groups is 10. The number of hydrogen-bond donors (Lipinski definition) is 13. The molecule has 0 bridgehead atoms. The average Bonchev–Trinajstić information content (AvgIpc) is 3.31. The summed E-state index contributed by atoms with van der Waals surface area (Å²) in [5.41, 5.74) is 23.2. The van der Waals surface area contributed by atoms with Crippen LogP contribution in [0.5, 0.6) is 0 Å². The molecule has 0 saturated heterocycles. The van der Waals surface area contributed by atoms with Crippen molar-refractivity contribution in [3.05, 3.63) is 35.9 Å². The Balaban J connectivity index is 3.25. The Kier molecular flexibility index (Phi) is 28.8. The quantitative estimate of drug-likeness (QED) is 0.0334. The third-order valence-corrected chi connectivity index (χ3v) is 11.6. The van der Waals surface area contributed by atoms with Crippen LogP contribution in [0.15, 0.2) is 30.3 Å². The van der Waals surface area contributed by atoms with E-state index in [0.717, 1.165) is 0 Å². The number of carbonyl (C=O) groups excluding carboxylic acids is 9. The van der Waals surface area contributed by atoms with Crippen molar-refractivity contribution < 1.29 is 53.1 Å². The minimum Gasteiger partial charge on any atom is -0.480 e. The zero-order chi connectivity index (χ0) is 53.1. The Morgan fingerprint density at radius 3 is 1.51 bits per heavy atom. The molecule has 23 heteroatoms. The fraction of sp³-hybridized carbons (Fsp3) is 0.660. The lowest BCUT2D eigenvalue weighted by molar-refractivity contribution is -0.141. The van der Waals surface area contributed by atoms with Gasteiger partial charge in [-0.05, 0) is 88.3 Å². The molecule has 0 aliphatic carbocycles. The van der Waals surface area contributed by atoms with Crippen molar-refractivity contribution in [2.45, 2.75) is 161 Å². The first-order valence-corrected chi connectivity index (χ1v) is 24.1. The molecule has 0 saturated carbocycles. The van der Waals surface area contributed by atoms with Crippen molar-refractivity contribution in [1.29, 1.82) is 0 Å². The van der Waals surface area contributed by atoms with E-state index < -0.39 is 132 Å². The number of amides is 9. The Bertz CT molecular complexity index is 1890. The molecular weight excluding hydrogens is 909 g/mol. The Hall–Kier alpha value is -6.20. The number of nitrogens with two attached hydrogens (primary N) is 4. The van der Waals surface area contributed by atoms with Crippen LogP contribution in [0.3, 0.4) is 0 Å². The van der Waals surface area contributed by atoms with Gasteiger partial charge in [0.25, 0.3) is 0 Å². The number of benzene rings is 1. The van der Waals surface area contributed by atoms with Crippen molar-refractivity contribution in [3.63, 3.8) is 0 Å². The summed E-state index contributed by atoms with van der Waals surface area (Å²) in [6, 6.07) is -0.789. The Morgan fingerprint density at radius 1 is 0.557 bits per heavy atom. The van der Waals surface area contributed by atoms with Crippen molar-refractivity contribution in [1.82, 2.24) is 42.5 Å². The van der Waals surface area contributed by atoms with E-state index in [4.69, 9.17) is 22.9 Å². The first-order chi connectivity index (χ1) is 33.0. The molecule has 1 aromatic carbocycles. The van der Waals surface area contributed by atoms with E-state index in [1.807, 2.05) is 6.92 Å². The Labute approximate surface area is 411 Å². The molecule has 0 aromatic heterocycles. The standard InChI is InChI=1S/C47H80N12O11/c1-8-28(6)39(59-42(64)32(18-12-14-22-48)55-40(62)31(50)20-21-35(51)60)46(68)58-38(27(4)5)45(67)56-33(19-13-15-23-49)41(63)57-37(26(2)3)44(66)52-25-36(61)54-34(24-30-16-10-9-11-17-30)43(65)53-29(7)47(69)70/h9-11,16-17,26-29,31-34,37-39H,8,12-15,18-25,48-50H2,1-7H3,(H2,51,60)(H,52,66)(H,53,65)(H,54,61)(H,55,62)(H,56,67)(H,57,63)(H,58,68)(H,59,64)(H,69,70)/t28-,29-,31-,32-,33-,34-,37-,38-,39-/m0/s1. The van der Waals surface area contributed by atoms with Gasteiger partial charge in [0.2, 0.25) is 53.2 Å². The van der Waals surface area contributed by atoms with Crippen LogP contribution in [0, 0.1) is 17.8 Å². The van der Waals surface area contributed by atoms with Gasteiger partial charge in [0.15, 0.2) is 0 Å². The fourth-order valence-corrected chi connectivity index (χ4v) is 6.97. The molecule has 0 heterocycles. The van der Waals surface area contributed by atoms with Crippen molar-refractivity contribution in [3.8, 4) is 0 Å². The zero-order valence-corrected chi connectivity index (χ0v) is 41.8. The monoisotopic (exact) mass is 989 g/mol. The van der Waals surface area contributed by atoms with Gasteiger partial charge in [-0.1, -0.05) is 78.3 Å². The maximum atomic E-state index is 14.1. The van der Waals surface area contributed by atoms with Crippen molar-refractivity contribution in [2.24, 2.45) is 40.7 Å². The molecular formula is C47H80N12O11. The summed E-state index contributed by atoms with van der Waals surface area (Å²) < 4.78 is 0. The number of nitrogens with one attached hydrogen (secondary N) is 8. The topological polar surface area (TPSA) is 391 Å². The number of unbranched alkanes of at least 4 members (excludes halogenated alkanes) is 2. The van der Waals surface area contributed by atoms with Crippen LogP contribution in [0.25, 0.3) is 0 Å². The molecule has 0 unspecified atom stereocenters. The molecule has 9 amide bonds. The largest absolute Gasteiger partial charge is 0.480 e. The van der Waals surface area contributed by atoms with Gasteiger partial charge in [-0.25, -0.2) is 0 Å². The molecule has 0 aliphatic heterocycles. The lowest BCUT2D eigenvalue weighted by atomic mass is 9.95. The predicted molar refractivity (Wildman–Crippen MR) is 261 cm³/mol. The van der Waals surface area contributed by atoms with Gasteiger partial charge in [-0.15, -0.1) is 0 Å². The zero-order valence-electron chi connectivity index (χ0n) is 41.8. The van der Waals surface area contributed by atoms with E-state index in [-0.39, 0.29) is 32.1 Å². The first-order valence-electron chi connectivity index (χ1n) is 24.1. The number of rotatable bonds is 34. The average molecular weight is 989 g/mol. The SMILES string of the molecule is CC[C@H](C)[C@H](NC(=O)[C@H](CCCCN)NC(=O)[C@@H](N)CCC(N)=O)C(=O)N[C@H](C(=O)N[C@@H](CCCCN)C(=O)N[C@H](C(=O)NCC(=O)N[C@@H](Cc1ccccc1)C(=O)N[C@@H](C)C(=O)O)C(C)C)C(C)C. The summed E-state index contributed by atoms with van der Waals surface area (Å²) in [6.07, 6.45) is 2.42. The normalized spacial score (nSPS) is 15.0. The summed E-state index contributed by atoms with van der Waals surface area (Å²) in [6.45, 7) is 11.5. The summed E-state index contributed by atoms with van der Waals surface area (Å²) >= 11 is 0. The van der Waals surface area contributed by atoms with Crippen molar-refractivity contribution in [2.75, 3.05) is 19.6 Å². The maximum absolute atomic E-state index is 14.1. The van der Waals surface area contributed by atoms with E-state index in [0.29, 0.717) is 50.8 Å². The third kappa shape index (κ3) is 22.9. The van der Waals surface area contributed by atoms with Crippen molar-refractivity contribution >= 4 is 59.1 Å². The van der Waals surface area contributed by atoms with Gasteiger partial charge >= 0.3 is 5.97 Å². The molecule has 9 atom stereocenters. The van der Waals surface area contributed by atoms with Crippen LogP contribution >= 0.6 is 0 Å². The molecule has 1 rings (SSSR count). The van der Waals surface area contributed by atoms with E-state index in [9.17, 15) is 53.1 Å². The number of primary amides is 1. The van der Waals surface area contributed by atoms with Gasteiger partial charge in [0.05, 0.1) is 12.6 Å². The van der Waals surface area contributed by atoms with Crippen LogP contribution in [0.4, 0.5) is 0 Å². The molecule has 0 aliphatic rings. The van der Waals surface area contributed by atoms with Crippen LogP contribution < -0.4 is 65.5 Å². The van der Waals surface area contributed by atoms with Crippen LogP contribution in [0.2, 0.25) is 0 Å².